The van der Waals surface area contributed by atoms with Gasteiger partial charge in [0.15, 0.2) is 10.1 Å². The highest BCUT2D eigenvalue weighted by Gasteiger charge is 2.16. The Labute approximate surface area is 220 Å². The molecular formula is C24H35N5O7S. The highest BCUT2D eigenvalue weighted by molar-refractivity contribution is 7.19. The first-order chi connectivity index (χ1) is 17.9. The summed E-state index contributed by atoms with van der Waals surface area (Å²) in [5, 5.41) is 11.8. The third-order valence-electron chi connectivity index (χ3n) is 4.69. The fraction of sp³-hybridized carbons (Fsp3) is 0.542. The maximum atomic E-state index is 12.8. The van der Waals surface area contributed by atoms with Gasteiger partial charge in [-0.15, -0.1) is 4.91 Å². The van der Waals surface area contributed by atoms with Crippen molar-refractivity contribution in [1.82, 2.24) is 4.98 Å². The number of rotatable bonds is 19. The van der Waals surface area contributed by atoms with E-state index in [0.717, 1.165) is 24.4 Å². The van der Waals surface area contributed by atoms with Crippen molar-refractivity contribution in [3.63, 3.8) is 0 Å². The fourth-order valence-electron chi connectivity index (χ4n) is 3.01. The number of carbonyl (C=O) groups is 2. The van der Waals surface area contributed by atoms with Crippen LogP contribution in [0.4, 0.5) is 21.5 Å². The molecule has 12 nitrogen and oxygen atoms in total. The minimum atomic E-state index is -0.472. The third-order valence-corrected chi connectivity index (χ3v) is 5.64. The Morgan fingerprint density at radius 3 is 2.14 bits per heavy atom. The van der Waals surface area contributed by atoms with Crippen LogP contribution < -0.4 is 16.0 Å². The van der Waals surface area contributed by atoms with Crippen molar-refractivity contribution < 1.29 is 28.5 Å². The number of amides is 2. The second-order valence-corrected chi connectivity index (χ2v) is 8.75. The van der Waals surface area contributed by atoms with E-state index in [1.54, 1.807) is 25.1 Å². The van der Waals surface area contributed by atoms with Gasteiger partial charge in [-0.25, -0.2) is 4.98 Å². The number of hydrogen-bond donors (Lipinski definition) is 3. The first kappa shape index (κ1) is 30.3. The van der Waals surface area contributed by atoms with Gasteiger partial charge in [-0.1, -0.05) is 18.3 Å². The minimum Gasteiger partial charge on any atom is -0.383 e. The van der Waals surface area contributed by atoms with Gasteiger partial charge in [-0.2, -0.15) is 0 Å². The maximum Gasteiger partial charge on any atom is 0.259 e. The van der Waals surface area contributed by atoms with E-state index < -0.39 is 5.91 Å². The average molecular weight is 538 g/mol. The molecule has 0 aliphatic carbocycles. The predicted molar refractivity (Wildman–Crippen MR) is 143 cm³/mol. The molecule has 0 aliphatic rings. The number of thiazole rings is 1. The van der Waals surface area contributed by atoms with Gasteiger partial charge in [-0.3, -0.25) is 14.9 Å². The van der Waals surface area contributed by atoms with Crippen LogP contribution in [0.5, 0.6) is 0 Å². The average Bonchev–Trinajstić information content (AvgIpc) is 3.22. The van der Waals surface area contributed by atoms with Crippen LogP contribution in [-0.2, 0) is 23.7 Å². The Bertz CT molecular complexity index is 1000. The molecule has 1 heterocycles. The molecule has 0 fully saturated rings. The van der Waals surface area contributed by atoms with Gasteiger partial charge >= 0.3 is 0 Å². The molecule has 0 saturated heterocycles. The van der Waals surface area contributed by atoms with Crippen LogP contribution >= 0.6 is 11.3 Å². The minimum absolute atomic E-state index is 0.198. The van der Waals surface area contributed by atoms with Crippen LogP contribution in [-0.4, -0.2) is 76.2 Å². The molecule has 3 N–H and O–H groups in total. The second kappa shape index (κ2) is 17.5. The zero-order valence-electron chi connectivity index (χ0n) is 21.5. The first-order valence-corrected chi connectivity index (χ1v) is 12.8. The standard InChI is InChI=1S/C24H35N5O7S/c1-4-8-33-10-12-35-14-15-36-13-11-34-9-7-25-19-5-6-20(21(16-19)27-18(3)30)22(31)28-24-26-17(2)23(29-32)37-24/h5-6,16,25H,4,7-15H2,1-3H3,(H,27,30)(H,26,28,31). The Kier molecular flexibility index (Phi) is 14.3. The molecule has 13 heteroatoms. The molecule has 0 bridgehead atoms. The molecule has 0 saturated carbocycles. The Hall–Kier alpha value is -2.97. The summed E-state index contributed by atoms with van der Waals surface area (Å²) in [7, 11) is 0. The molecule has 0 spiro atoms. The summed E-state index contributed by atoms with van der Waals surface area (Å²) >= 11 is 0.977. The number of anilines is 3. The van der Waals surface area contributed by atoms with Crippen molar-refractivity contribution in [1.29, 1.82) is 0 Å². The first-order valence-electron chi connectivity index (χ1n) is 12.0. The zero-order valence-corrected chi connectivity index (χ0v) is 22.3. The van der Waals surface area contributed by atoms with Gasteiger partial charge < -0.3 is 29.6 Å². The molecule has 2 rings (SSSR count). The Morgan fingerprint density at radius 1 is 0.946 bits per heavy atom. The number of aryl methyl sites for hydroxylation is 1. The molecule has 37 heavy (non-hydrogen) atoms. The molecular weight excluding hydrogens is 502 g/mol. The molecule has 2 aromatic rings. The summed E-state index contributed by atoms with van der Waals surface area (Å²) in [6, 6.07) is 4.98. The Balaban J connectivity index is 1.71. The van der Waals surface area contributed by atoms with E-state index >= 15 is 0 Å². The van der Waals surface area contributed by atoms with Crippen LogP contribution in [0.3, 0.4) is 0 Å². The fourth-order valence-corrected chi connectivity index (χ4v) is 3.75. The summed E-state index contributed by atoms with van der Waals surface area (Å²) in [6.07, 6.45) is 1.000. The topological polar surface area (TPSA) is 149 Å². The lowest BCUT2D eigenvalue weighted by Gasteiger charge is -2.13. The van der Waals surface area contributed by atoms with E-state index in [2.05, 4.69) is 33.0 Å². The smallest absolute Gasteiger partial charge is 0.259 e. The molecule has 204 valence electrons. The van der Waals surface area contributed by atoms with E-state index in [9.17, 15) is 14.5 Å². The number of carbonyl (C=O) groups excluding carboxylic acids is 2. The van der Waals surface area contributed by atoms with Crippen LogP contribution in [0.2, 0.25) is 0 Å². The third kappa shape index (κ3) is 11.7. The SMILES string of the molecule is CCCOCCOCCOCCOCCNc1ccc(C(=O)Nc2nc(C)c(N=O)s2)c(NC(C)=O)c1. The summed E-state index contributed by atoms with van der Waals surface area (Å²) in [6.45, 7) is 9.87. The number of nitroso groups, excluding NO2 is 1. The van der Waals surface area contributed by atoms with E-state index in [4.69, 9.17) is 18.9 Å². The molecule has 0 atom stereocenters. The van der Waals surface area contributed by atoms with Gasteiger partial charge in [-0.05, 0) is 36.7 Å². The largest absolute Gasteiger partial charge is 0.383 e. The van der Waals surface area contributed by atoms with Gasteiger partial charge in [0.05, 0.1) is 63.2 Å². The summed E-state index contributed by atoms with van der Waals surface area (Å²) in [5.74, 6) is -0.789. The van der Waals surface area contributed by atoms with E-state index in [1.165, 1.54) is 6.92 Å². The normalized spacial score (nSPS) is 10.8. The van der Waals surface area contributed by atoms with Gasteiger partial charge in [0.25, 0.3) is 5.91 Å². The lowest BCUT2D eigenvalue weighted by atomic mass is 10.1. The number of aromatic nitrogens is 1. The van der Waals surface area contributed by atoms with E-state index in [-0.39, 0.29) is 21.6 Å². The van der Waals surface area contributed by atoms with Crippen LogP contribution in [0.25, 0.3) is 0 Å². The van der Waals surface area contributed by atoms with Crippen LogP contribution in [0.15, 0.2) is 23.4 Å². The number of hydrogen-bond acceptors (Lipinski definition) is 11. The lowest BCUT2D eigenvalue weighted by molar-refractivity contribution is -0.114. The molecule has 0 radical (unpaired) electrons. The van der Waals surface area contributed by atoms with Crippen molar-refractivity contribution in [3.8, 4) is 0 Å². The number of nitrogens with one attached hydrogen (secondary N) is 3. The maximum absolute atomic E-state index is 12.8. The molecule has 0 aliphatic heterocycles. The zero-order chi connectivity index (χ0) is 26.9. The van der Waals surface area contributed by atoms with Crippen molar-refractivity contribution in [3.05, 3.63) is 34.4 Å². The van der Waals surface area contributed by atoms with Crippen molar-refractivity contribution in [2.75, 3.05) is 75.4 Å². The van der Waals surface area contributed by atoms with Crippen LogP contribution in [0, 0.1) is 11.8 Å². The van der Waals surface area contributed by atoms with Crippen molar-refractivity contribution in [2.24, 2.45) is 5.18 Å². The van der Waals surface area contributed by atoms with Gasteiger partial charge in [0.2, 0.25) is 5.91 Å². The molecule has 1 aromatic carbocycles. The van der Waals surface area contributed by atoms with Crippen molar-refractivity contribution >= 4 is 44.7 Å². The highest BCUT2D eigenvalue weighted by atomic mass is 32.1. The lowest BCUT2D eigenvalue weighted by Crippen LogP contribution is -2.17. The summed E-state index contributed by atoms with van der Waals surface area (Å²) < 4.78 is 21.7. The number of benzene rings is 1. The quantitative estimate of drug-likeness (QED) is 0.179. The molecule has 2 amide bonds. The summed E-state index contributed by atoms with van der Waals surface area (Å²) in [4.78, 5) is 39.3. The van der Waals surface area contributed by atoms with E-state index in [1.807, 2.05) is 0 Å². The van der Waals surface area contributed by atoms with Gasteiger partial charge in [0, 0.05) is 25.8 Å². The van der Waals surface area contributed by atoms with E-state index in [0.29, 0.717) is 69.9 Å². The second-order valence-electron chi connectivity index (χ2n) is 7.77. The summed E-state index contributed by atoms with van der Waals surface area (Å²) in [5.41, 5.74) is 1.73. The van der Waals surface area contributed by atoms with Crippen molar-refractivity contribution in [2.45, 2.75) is 27.2 Å². The Morgan fingerprint density at radius 2 is 1.57 bits per heavy atom. The predicted octanol–water partition coefficient (Wildman–Crippen LogP) is 3.95. The molecule has 0 unspecified atom stereocenters. The number of nitrogens with zero attached hydrogens (tertiary/aromatic N) is 2. The van der Waals surface area contributed by atoms with Crippen LogP contribution in [0.1, 0.15) is 36.3 Å². The highest BCUT2D eigenvalue weighted by Crippen LogP contribution is 2.31. The van der Waals surface area contributed by atoms with Gasteiger partial charge in [0.1, 0.15) is 0 Å². The molecule has 1 aromatic heterocycles. The number of ether oxygens (including phenoxy) is 4. The monoisotopic (exact) mass is 537 g/mol.